The molecule has 0 amide bonds. The standard InChI is InChI=1S/C44H38BN2S/c1-26-22-29(41-38(23-26)47-37-19-11-12-20-39(37)48-40-21-13-17-34(45-41)42(40)47)28-24-32-33(25-36(28)46-35-18-10-7-14-27(35)2)44(5,6)31-16-9-8-15-30(31)43(32,3)4/h7-25,46H,1-6H3. The molecule has 6 aromatic rings. The van der Waals surface area contributed by atoms with Gasteiger partial charge in [0, 0.05) is 43.2 Å². The lowest BCUT2D eigenvalue weighted by Gasteiger charge is -2.44. The molecule has 0 aromatic heterocycles. The first-order valence-corrected chi connectivity index (χ1v) is 17.8. The molecule has 1 N–H and O–H groups in total. The van der Waals surface area contributed by atoms with Gasteiger partial charge in [0.15, 0.2) is 7.28 Å². The Balaban J connectivity index is 1.33. The van der Waals surface area contributed by atoms with E-state index >= 15 is 0 Å². The normalized spacial score (nSPS) is 15.7. The molecule has 0 bridgehead atoms. The molecule has 0 unspecified atom stereocenters. The second-order valence-electron chi connectivity index (χ2n) is 14.7. The van der Waals surface area contributed by atoms with Crippen LogP contribution in [0.2, 0.25) is 0 Å². The summed E-state index contributed by atoms with van der Waals surface area (Å²) in [6, 6.07) is 43.0. The largest absolute Gasteiger partial charge is 0.355 e. The molecule has 233 valence electrons. The highest BCUT2D eigenvalue weighted by Gasteiger charge is 2.42. The van der Waals surface area contributed by atoms with Crippen LogP contribution >= 0.6 is 11.8 Å². The van der Waals surface area contributed by atoms with Gasteiger partial charge in [0.1, 0.15) is 0 Å². The summed E-state index contributed by atoms with van der Waals surface area (Å²) >= 11 is 1.87. The molecule has 6 aromatic carbocycles. The topological polar surface area (TPSA) is 15.3 Å². The maximum atomic E-state index is 3.95. The highest BCUT2D eigenvalue weighted by molar-refractivity contribution is 7.99. The lowest BCUT2D eigenvalue weighted by molar-refractivity contribution is 0.521. The molecule has 2 nitrogen and oxygen atoms in total. The zero-order chi connectivity index (χ0) is 32.9. The van der Waals surface area contributed by atoms with Gasteiger partial charge in [-0.3, -0.25) is 0 Å². The number of aryl methyl sites for hydroxylation is 2. The van der Waals surface area contributed by atoms with Crippen molar-refractivity contribution in [2.45, 2.75) is 62.2 Å². The summed E-state index contributed by atoms with van der Waals surface area (Å²) in [4.78, 5) is 5.10. The van der Waals surface area contributed by atoms with Crippen molar-refractivity contribution in [3.63, 3.8) is 0 Å². The highest BCUT2D eigenvalue weighted by Crippen LogP contribution is 2.54. The Bertz CT molecular complexity index is 2320. The molecular formula is C44H38BN2S. The average molecular weight is 638 g/mol. The summed E-state index contributed by atoms with van der Waals surface area (Å²) in [5.41, 5.74) is 18.8. The van der Waals surface area contributed by atoms with Gasteiger partial charge in [-0.15, -0.1) is 0 Å². The van der Waals surface area contributed by atoms with E-state index in [1.165, 1.54) is 82.3 Å². The zero-order valence-corrected chi connectivity index (χ0v) is 29.2. The molecule has 0 spiro atoms. The first-order chi connectivity index (χ1) is 23.1. The van der Waals surface area contributed by atoms with E-state index in [-0.39, 0.29) is 10.8 Å². The van der Waals surface area contributed by atoms with Crippen molar-refractivity contribution in [1.29, 1.82) is 0 Å². The summed E-state index contributed by atoms with van der Waals surface area (Å²) in [7, 11) is 2.43. The molecule has 9 rings (SSSR count). The average Bonchev–Trinajstić information content (AvgIpc) is 3.08. The third kappa shape index (κ3) is 4.21. The second kappa shape index (κ2) is 10.4. The molecule has 1 radical (unpaired) electrons. The summed E-state index contributed by atoms with van der Waals surface area (Å²) < 4.78 is 0. The van der Waals surface area contributed by atoms with E-state index in [0.29, 0.717) is 0 Å². The SMILES string of the molecule is Cc1cc(-c2cc3c(cc2Nc2ccccc2C)C(C)(C)c2ccccc2C3(C)C)c2c(c1)N1c3ccccc3Sc3cccc(c31)[B]2. The summed E-state index contributed by atoms with van der Waals surface area (Å²) in [6.07, 6.45) is 0. The molecular weight excluding hydrogens is 599 g/mol. The fourth-order valence-electron chi connectivity index (χ4n) is 8.37. The van der Waals surface area contributed by atoms with Gasteiger partial charge in [-0.05, 0) is 101 Å². The molecule has 0 saturated carbocycles. The van der Waals surface area contributed by atoms with Crippen molar-refractivity contribution < 1.29 is 0 Å². The molecule has 48 heavy (non-hydrogen) atoms. The van der Waals surface area contributed by atoms with Gasteiger partial charge in [-0.2, -0.15) is 0 Å². The van der Waals surface area contributed by atoms with E-state index in [2.05, 4.69) is 174 Å². The minimum absolute atomic E-state index is 0.148. The van der Waals surface area contributed by atoms with Crippen molar-refractivity contribution in [2.24, 2.45) is 0 Å². The van der Waals surface area contributed by atoms with Crippen LogP contribution in [0.1, 0.15) is 61.1 Å². The van der Waals surface area contributed by atoms with E-state index in [0.717, 1.165) is 11.4 Å². The van der Waals surface area contributed by atoms with E-state index < -0.39 is 0 Å². The summed E-state index contributed by atoms with van der Waals surface area (Å²) in [6.45, 7) is 14.0. The Morgan fingerprint density at radius 1 is 0.583 bits per heavy atom. The number of nitrogens with one attached hydrogen (secondary N) is 1. The van der Waals surface area contributed by atoms with Crippen LogP contribution in [0.25, 0.3) is 11.1 Å². The quantitative estimate of drug-likeness (QED) is 0.194. The van der Waals surface area contributed by atoms with Crippen molar-refractivity contribution in [3.8, 4) is 11.1 Å². The van der Waals surface area contributed by atoms with Gasteiger partial charge >= 0.3 is 0 Å². The van der Waals surface area contributed by atoms with E-state index in [9.17, 15) is 0 Å². The third-order valence-corrected chi connectivity index (χ3v) is 12.0. The van der Waals surface area contributed by atoms with E-state index in [1.807, 2.05) is 11.8 Å². The second-order valence-corrected chi connectivity index (χ2v) is 15.8. The van der Waals surface area contributed by atoms with Crippen LogP contribution in [0.3, 0.4) is 0 Å². The van der Waals surface area contributed by atoms with Crippen molar-refractivity contribution in [3.05, 3.63) is 149 Å². The van der Waals surface area contributed by atoms with Gasteiger partial charge in [-0.1, -0.05) is 118 Å². The number of benzene rings is 6. The van der Waals surface area contributed by atoms with E-state index in [4.69, 9.17) is 0 Å². The lowest BCUT2D eigenvalue weighted by Crippen LogP contribution is -2.42. The number of hydrogen-bond acceptors (Lipinski definition) is 3. The Hall–Kier alpha value is -4.67. The highest BCUT2D eigenvalue weighted by atomic mass is 32.2. The van der Waals surface area contributed by atoms with Gasteiger partial charge in [0.05, 0.1) is 11.4 Å². The zero-order valence-electron chi connectivity index (χ0n) is 28.4. The summed E-state index contributed by atoms with van der Waals surface area (Å²) in [5, 5.41) is 3.95. The van der Waals surface area contributed by atoms with Crippen molar-refractivity contribution in [2.75, 3.05) is 10.2 Å². The molecule has 0 saturated heterocycles. The first kappa shape index (κ1) is 29.5. The number of hydrogen-bond donors (Lipinski definition) is 1. The van der Waals surface area contributed by atoms with Crippen LogP contribution in [-0.4, -0.2) is 7.28 Å². The minimum atomic E-state index is -0.157. The number of rotatable bonds is 3. The number of fused-ring (bicyclic) bond motifs is 6. The van der Waals surface area contributed by atoms with Crippen LogP contribution < -0.4 is 21.1 Å². The Labute approximate surface area is 289 Å². The molecule has 2 heterocycles. The van der Waals surface area contributed by atoms with Crippen LogP contribution in [0, 0.1) is 13.8 Å². The van der Waals surface area contributed by atoms with Crippen LogP contribution in [0.4, 0.5) is 28.4 Å². The molecule has 4 heteroatoms. The molecule has 2 aliphatic heterocycles. The maximum absolute atomic E-state index is 3.95. The smallest absolute Gasteiger partial charge is 0.197 e. The number of anilines is 5. The fraction of sp³-hybridized carbons (Fsp3) is 0.182. The fourth-order valence-corrected chi connectivity index (χ4v) is 9.47. The summed E-state index contributed by atoms with van der Waals surface area (Å²) in [5.74, 6) is 0. The van der Waals surface area contributed by atoms with Gasteiger partial charge < -0.3 is 10.2 Å². The molecule has 0 fully saturated rings. The molecule has 0 atom stereocenters. The van der Waals surface area contributed by atoms with Crippen LogP contribution in [0.5, 0.6) is 0 Å². The third-order valence-electron chi connectivity index (χ3n) is 10.9. The van der Waals surface area contributed by atoms with Crippen molar-refractivity contribution >= 4 is 58.4 Å². The van der Waals surface area contributed by atoms with Crippen LogP contribution in [0.15, 0.2) is 125 Å². The Kier molecular flexibility index (Phi) is 6.40. The van der Waals surface area contributed by atoms with E-state index in [1.54, 1.807) is 0 Å². The first-order valence-electron chi connectivity index (χ1n) is 16.9. The van der Waals surface area contributed by atoms with Gasteiger partial charge in [0.25, 0.3) is 0 Å². The number of para-hydroxylation sites is 3. The molecule has 3 aliphatic rings. The number of nitrogens with zero attached hydrogens (tertiary/aromatic N) is 1. The van der Waals surface area contributed by atoms with Crippen molar-refractivity contribution in [1.82, 2.24) is 0 Å². The van der Waals surface area contributed by atoms with Crippen LogP contribution in [-0.2, 0) is 10.8 Å². The Morgan fingerprint density at radius 2 is 1.25 bits per heavy atom. The Morgan fingerprint density at radius 3 is 2.02 bits per heavy atom. The van der Waals surface area contributed by atoms with Gasteiger partial charge in [0.2, 0.25) is 0 Å². The maximum Gasteiger partial charge on any atom is 0.197 e. The van der Waals surface area contributed by atoms with Gasteiger partial charge in [-0.25, -0.2) is 0 Å². The minimum Gasteiger partial charge on any atom is -0.355 e. The predicted molar refractivity (Wildman–Crippen MR) is 206 cm³/mol. The monoisotopic (exact) mass is 637 g/mol. The lowest BCUT2D eigenvalue weighted by atomic mass is 9.57. The predicted octanol–water partition coefficient (Wildman–Crippen LogP) is 10.6. The molecule has 1 aliphatic carbocycles.